The molecule has 0 radical (unpaired) electrons. The fourth-order valence-corrected chi connectivity index (χ4v) is 3.05. The van der Waals surface area contributed by atoms with Crippen LogP contribution in [0.1, 0.15) is 22.8 Å². The summed E-state index contributed by atoms with van der Waals surface area (Å²) in [6, 6.07) is 17.0. The van der Waals surface area contributed by atoms with Crippen molar-refractivity contribution in [3.8, 4) is 11.5 Å². The largest absolute Gasteiger partial charge is 0.457 e. The van der Waals surface area contributed by atoms with Crippen LogP contribution in [-0.2, 0) is 11.2 Å². The van der Waals surface area contributed by atoms with Crippen LogP contribution >= 0.6 is 0 Å². The Kier molecular flexibility index (Phi) is 4.95. The Labute approximate surface area is 168 Å². The zero-order valence-electron chi connectivity index (χ0n) is 16.5. The standard InChI is InChI=1S/C22H21N5O2/c1-14-5-4-6-19(11-14)29-18-9-7-17(8-10-18)24-21(28)13-20-25-22-23-15(2)12-16(3)27(22)26-20/h4-12H,13H2,1-3H3,(H,24,28). The highest BCUT2D eigenvalue weighted by atomic mass is 16.5. The third kappa shape index (κ3) is 4.40. The van der Waals surface area contributed by atoms with Gasteiger partial charge >= 0.3 is 0 Å². The molecule has 1 N–H and O–H groups in total. The van der Waals surface area contributed by atoms with Gasteiger partial charge in [-0.15, -0.1) is 5.10 Å². The number of hydrogen-bond acceptors (Lipinski definition) is 5. The molecule has 29 heavy (non-hydrogen) atoms. The van der Waals surface area contributed by atoms with Crippen molar-refractivity contribution in [2.24, 2.45) is 0 Å². The number of nitrogens with one attached hydrogen (secondary N) is 1. The second kappa shape index (κ2) is 7.71. The number of hydrogen-bond donors (Lipinski definition) is 1. The lowest BCUT2D eigenvalue weighted by Gasteiger charge is -2.08. The van der Waals surface area contributed by atoms with E-state index in [4.69, 9.17) is 4.74 Å². The third-order valence-electron chi connectivity index (χ3n) is 4.34. The van der Waals surface area contributed by atoms with Gasteiger partial charge < -0.3 is 10.1 Å². The average molecular weight is 387 g/mol. The van der Waals surface area contributed by atoms with Gasteiger partial charge in [-0.1, -0.05) is 12.1 Å². The predicted molar refractivity (Wildman–Crippen MR) is 110 cm³/mol. The minimum absolute atomic E-state index is 0.0728. The van der Waals surface area contributed by atoms with Gasteiger partial charge in [-0.25, -0.2) is 9.50 Å². The van der Waals surface area contributed by atoms with E-state index >= 15 is 0 Å². The maximum Gasteiger partial charge on any atom is 0.252 e. The summed E-state index contributed by atoms with van der Waals surface area (Å²) >= 11 is 0. The van der Waals surface area contributed by atoms with Crippen LogP contribution in [0.5, 0.6) is 11.5 Å². The van der Waals surface area contributed by atoms with Gasteiger partial charge in [0.25, 0.3) is 5.78 Å². The van der Waals surface area contributed by atoms with Crippen LogP contribution < -0.4 is 10.1 Å². The van der Waals surface area contributed by atoms with Crippen LogP contribution in [0.3, 0.4) is 0 Å². The highest BCUT2D eigenvalue weighted by Gasteiger charge is 2.12. The number of aryl methyl sites for hydroxylation is 3. The molecule has 0 aliphatic rings. The number of nitrogens with zero attached hydrogens (tertiary/aromatic N) is 4. The van der Waals surface area contributed by atoms with Crippen molar-refractivity contribution in [2.75, 3.05) is 5.32 Å². The molecule has 146 valence electrons. The zero-order valence-corrected chi connectivity index (χ0v) is 16.5. The molecule has 4 aromatic rings. The molecule has 0 aliphatic carbocycles. The van der Waals surface area contributed by atoms with Crippen molar-refractivity contribution < 1.29 is 9.53 Å². The van der Waals surface area contributed by atoms with Crippen LogP contribution in [0, 0.1) is 20.8 Å². The molecule has 2 aromatic carbocycles. The summed E-state index contributed by atoms with van der Waals surface area (Å²) in [7, 11) is 0. The molecule has 7 nitrogen and oxygen atoms in total. The summed E-state index contributed by atoms with van der Waals surface area (Å²) in [5, 5.41) is 7.22. The molecular weight excluding hydrogens is 366 g/mol. The van der Waals surface area contributed by atoms with Crippen molar-refractivity contribution >= 4 is 17.4 Å². The number of rotatable bonds is 5. The maximum absolute atomic E-state index is 12.4. The van der Waals surface area contributed by atoms with Crippen LogP contribution in [0.25, 0.3) is 5.78 Å². The zero-order chi connectivity index (χ0) is 20.4. The van der Waals surface area contributed by atoms with E-state index < -0.39 is 0 Å². The predicted octanol–water partition coefficient (Wildman–Crippen LogP) is 4.02. The molecule has 7 heteroatoms. The fraction of sp³-hybridized carbons (Fsp3) is 0.182. The molecule has 0 spiro atoms. The Morgan fingerprint density at radius 1 is 1.00 bits per heavy atom. The number of benzene rings is 2. The normalized spacial score (nSPS) is 10.9. The molecule has 4 rings (SSSR count). The summed E-state index contributed by atoms with van der Waals surface area (Å²) in [5.74, 6) is 2.22. The van der Waals surface area contributed by atoms with Crippen molar-refractivity contribution in [2.45, 2.75) is 27.2 Å². The van der Waals surface area contributed by atoms with Crippen LogP contribution in [0.2, 0.25) is 0 Å². The number of amides is 1. The van der Waals surface area contributed by atoms with E-state index in [-0.39, 0.29) is 12.3 Å². The molecule has 0 atom stereocenters. The minimum Gasteiger partial charge on any atom is -0.457 e. The quantitative estimate of drug-likeness (QED) is 0.559. The molecule has 0 saturated heterocycles. The molecular formula is C22H21N5O2. The monoisotopic (exact) mass is 387 g/mol. The first-order valence-electron chi connectivity index (χ1n) is 9.30. The summed E-state index contributed by atoms with van der Waals surface area (Å²) in [6.07, 6.45) is 0.0728. The van der Waals surface area contributed by atoms with E-state index in [0.717, 1.165) is 22.7 Å². The number of anilines is 1. The average Bonchev–Trinajstić information content (AvgIpc) is 3.06. The lowest BCUT2D eigenvalue weighted by Crippen LogP contribution is -2.15. The second-order valence-corrected chi connectivity index (χ2v) is 6.95. The van der Waals surface area contributed by atoms with Crippen molar-refractivity contribution in [1.29, 1.82) is 0 Å². The van der Waals surface area contributed by atoms with Crippen molar-refractivity contribution in [3.63, 3.8) is 0 Å². The number of fused-ring (bicyclic) bond motifs is 1. The number of carbonyl (C=O) groups is 1. The molecule has 1 amide bonds. The molecule has 2 aromatic heterocycles. The van der Waals surface area contributed by atoms with E-state index in [1.807, 2.05) is 63.2 Å². The summed E-state index contributed by atoms with van der Waals surface area (Å²) < 4.78 is 7.47. The Balaban J connectivity index is 1.40. The maximum atomic E-state index is 12.4. The smallest absolute Gasteiger partial charge is 0.252 e. The van der Waals surface area contributed by atoms with Gasteiger partial charge in [0, 0.05) is 17.1 Å². The topological polar surface area (TPSA) is 81.4 Å². The van der Waals surface area contributed by atoms with Gasteiger partial charge in [-0.2, -0.15) is 4.98 Å². The van der Waals surface area contributed by atoms with E-state index in [1.54, 1.807) is 16.6 Å². The summed E-state index contributed by atoms with van der Waals surface area (Å²) in [5.41, 5.74) is 3.61. The lowest BCUT2D eigenvalue weighted by atomic mass is 10.2. The van der Waals surface area contributed by atoms with Gasteiger partial charge in [0.05, 0.1) is 6.42 Å². The Bertz CT molecular complexity index is 1180. The fourth-order valence-electron chi connectivity index (χ4n) is 3.05. The number of carbonyl (C=O) groups excluding carboxylic acids is 1. The first kappa shape index (κ1) is 18.6. The van der Waals surface area contributed by atoms with E-state index in [9.17, 15) is 4.79 Å². The SMILES string of the molecule is Cc1cccc(Oc2ccc(NC(=O)Cc3nc4nc(C)cc(C)n4n3)cc2)c1. The molecule has 0 saturated carbocycles. The van der Waals surface area contributed by atoms with Gasteiger partial charge in [0.15, 0.2) is 5.82 Å². The lowest BCUT2D eigenvalue weighted by molar-refractivity contribution is -0.115. The minimum atomic E-state index is -0.192. The first-order valence-corrected chi connectivity index (χ1v) is 9.30. The van der Waals surface area contributed by atoms with Crippen molar-refractivity contribution in [3.05, 3.63) is 77.4 Å². The Hall–Kier alpha value is -3.74. The summed E-state index contributed by atoms with van der Waals surface area (Å²) in [4.78, 5) is 21.1. The van der Waals surface area contributed by atoms with Crippen LogP contribution in [0.4, 0.5) is 5.69 Å². The third-order valence-corrected chi connectivity index (χ3v) is 4.34. The second-order valence-electron chi connectivity index (χ2n) is 6.95. The van der Waals surface area contributed by atoms with E-state index in [1.165, 1.54) is 0 Å². The van der Waals surface area contributed by atoms with Gasteiger partial charge in [-0.3, -0.25) is 4.79 Å². The van der Waals surface area contributed by atoms with Crippen molar-refractivity contribution in [1.82, 2.24) is 19.6 Å². The number of aromatic nitrogens is 4. The van der Waals surface area contributed by atoms with Crippen LogP contribution in [0.15, 0.2) is 54.6 Å². The van der Waals surface area contributed by atoms with Crippen LogP contribution in [-0.4, -0.2) is 25.5 Å². The molecule has 2 heterocycles. The molecule has 0 unspecified atom stereocenters. The molecule has 0 aliphatic heterocycles. The molecule has 0 fully saturated rings. The van der Waals surface area contributed by atoms with E-state index in [2.05, 4.69) is 20.4 Å². The van der Waals surface area contributed by atoms with E-state index in [0.29, 0.717) is 23.0 Å². The van der Waals surface area contributed by atoms with Gasteiger partial charge in [-0.05, 0) is 68.8 Å². The first-order chi connectivity index (χ1) is 14.0. The van der Waals surface area contributed by atoms with Gasteiger partial charge in [0.2, 0.25) is 5.91 Å². The van der Waals surface area contributed by atoms with Gasteiger partial charge in [0.1, 0.15) is 11.5 Å². The Morgan fingerprint density at radius 2 is 1.79 bits per heavy atom. The highest BCUT2D eigenvalue weighted by Crippen LogP contribution is 2.23. The Morgan fingerprint density at radius 3 is 2.55 bits per heavy atom. The summed E-state index contributed by atoms with van der Waals surface area (Å²) in [6.45, 7) is 5.85. The number of ether oxygens (including phenoxy) is 1. The molecule has 0 bridgehead atoms. The highest BCUT2D eigenvalue weighted by molar-refractivity contribution is 5.91.